The maximum atomic E-state index is 10.8. The molecular weight excluding hydrogens is 174 g/mol. The first-order valence-corrected chi connectivity index (χ1v) is 5.72. The molecule has 2 heteroatoms. The van der Waals surface area contributed by atoms with Crippen molar-refractivity contribution in [3.8, 4) is 0 Å². The summed E-state index contributed by atoms with van der Waals surface area (Å²) in [5.41, 5.74) is 0.353. The lowest BCUT2D eigenvalue weighted by molar-refractivity contribution is -0.116. The minimum Gasteiger partial charge on any atom is -0.309 e. The number of Topliss-reactive ketones (excluding diaryl/α,β-unsaturated/α-hetero) is 1. The van der Waals surface area contributed by atoms with Crippen LogP contribution in [0.2, 0.25) is 0 Å². The fraction of sp³-hybridized carbons (Fsp3) is 0.917. The minimum atomic E-state index is 0.229. The molecule has 1 aliphatic rings. The number of hydrogen-bond acceptors (Lipinski definition) is 2. The number of hydrogen-bond donors (Lipinski definition) is 1. The fourth-order valence-corrected chi connectivity index (χ4v) is 2.41. The van der Waals surface area contributed by atoms with Gasteiger partial charge in [-0.25, -0.2) is 0 Å². The molecule has 82 valence electrons. The summed E-state index contributed by atoms with van der Waals surface area (Å²) < 4.78 is 0. The first-order chi connectivity index (χ1) is 6.52. The van der Waals surface area contributed by atoms with E-state index >= 15 is 0 Å². The van der Waals surface area contributed by atoms with E-state index in [2.05, 4.69) is 19.2 Å². The molecule has 0 aromatic carbocycles. The Labute approximate surface area is 87.5 Å². The molecule has 0 amide bonds. The van der Waals surface area contributed by atoms with Crippen molar-refractivity contribution in [1.82, 2.24) is 5.32 Å². The van der Waals surface area contributed by atoms with Crippen molar-refractivity contribution in [3.63, 3.8) is 0 Å². The average molecular weight is 197 g/mol. The second-order valence-electron chi connectivity index (χ2n) is 5.28. The van der Waals surface area contributed by atoms with Crippen molar-refractivity contribution in [2.75, 3.05) is 13.1 Å². The molecular formula is C12H23NO. The predicted octanol–water partition coefficient (Wildman–Crippen LogP) is 2.38. The zero-order chi connectivity index (χ0) is 10.6. The van der Waals surface area contributed by atoms with Crippen LogP contribution in [0, 0.1) is 11.3 Å². The number of carbonyl (C=O) groups is 1. The number of nitrogens with one attached hydrogen (secondary N) is 1. The third-order valence-electron chi connectivity index (χ3n) is 3.41. The van der Waals surface area contributed by atoms with E-state index in [-0.39, 0.29) is 5.78 Å². The predicted molar refractivity (Wildman–Crippen MR) is 59.3 cm³/mol. The Morgan fingerprint density at radius 1 is 1.36 bits per heavy atom. The summed E-state index contributed by atoms with van der Waals surface area (Å²) in [7, 11) is 0. The maximum absolute atomic E-state index is 10.8. The fourth-order valence-electron chi connectivity index (χ4n) is 2.41. The van der Waals surface area contributed by atoms with Crippen LogP contribution in [0.25, 0.3) is 0 Å². The summed E-state index contributed by atoms with van der Waals surface area (Å²) in [6, 6.07) is 0. The zero-order valence-corrected chi connectivity index (χ0v) is 9.73. The van der Waals surface area contributed by atoms with Crippen LogP contribution in [-0.2, 0) is 4.79 Å². The van der Waals surface area contributed by atoms with Gasteiger partial charge in [0.25, 0.3) is 0 Å². The van der Waals surface area contributed by atoms with Crippen molar-refractivity contribution in [3.05, 3.63) is 0 Å². The van der Waals surface area contributed by atoms with E-state index in [1.54, 1.807) is 6.92 Å². The molecule has 2 nitrogen and oxygen atoms in total. The van der Waals surface area contributed by atoms with Gasteiger partial charge in [0.2, 0.25) is 0 Å². The third-order valence-corrected chi connectivity index (χ3v) is 3.41. The molecule has 0 spiro atoms. The Balaban J connectivity index is 2.29. The van der Waals surface area contributed by atoms with Crippen molar-refractivity contribution in [1.29, 1.82) is 0 Å². The summed E-state index contributed by atoms with van der Waals surface area (Å²) >= 11 is 0. The van der Waals surface area contributed by atoms with Gasteiger partial charge in [-0.1, -0.05) is 26.7 Å². The number of rotatable bonds is 5. The lowest BCUT2D eigenvalue weighted by Gasteiger charge is -2.31. The van der Waals surface area contributed by atoms with E-state index in [1.165, 1.54) is 25.7 Å². The molecule has 0 radical (unpaired) electrons. The molecule has 0 heterocycles. The maximum Gasteiger partial charge on any atom is 0.143 e. The van der Waals surface area contributed by atoms with Gasteiger partial charge in [-0.3, -0.25) is 4.79 Å². The van der Waals surface area contributed by atoms with Crippen molar-refractivity contribution < 1.29 is 4.79 Å². The highest BCUT2D eigenvalue weighted by Crippen LogP contribution is 2.38. The molecule has 0 unspecified atom stereocenters. The zero-order valence-electron chi connectivity index (χ0n) is 9.73. The van der Waals surface area contributed by atoms with Crippen LogP contribution in [0.4, 0.5) is 0 Å². The topological polar surface area (TPSA) is 29.1 Å². The molecule has 0 atom stereocenters. The summed E-state index contributed by atoms with van der Waals surface area (Å²) in [4.78, 5) is 10.8. The monoisotopic (exact) mass is 197 g/mol. The Kier molecular flexibility index (Phi) is 4.11. The molecule has 1 rings (SSSR count). The van der Waals surface area contributed by atoms with Gasteiger partial charge in [0, 0.05) is 6.54 Å². The normalized spacial score (nSPS) is 18.8. The van der Waals surface area contributed by atoms with Crippen molar-refractivity contribution in [2.45, 2.75) is 46.5 Å². The summed E-state index contributed by atoms with van der Waals surface area (Å²) in [6.45, 7) is 7.76. The van der Waals surface area contributed by atoms with E-state index in [0.717, 1.165) is 12.5 Å². The third kappa shape index (κ3) is 3.41. The highest BCUT2D eigenvalue weighted by atomic mass is 16.1. The van der Waals surface area contributed by atoms with Crippen LogP contribution in [0.15, 0.2) is 0 Å². The highest BCUT2D eigenvalue weighted by Gasteiger charge is 2.31. The van der Waals surface area contributed by atoms with Gasteiger partial charge in [-0.05, 0) is 31.1 Å². The van der Waals surface area contributed by atoms with Crippen molar-refractivity contribution >= 4 is 5.78 Å². The van der Waals surface area contributed by atoms with Crippen molar-refractivity contribution in [2.24, 2.45) is 11.3 Å². The molecule has 1 N–H and O–H groups in total. The number of carbonyl (C=O) groups excluding carboxylic acids is 1. The van der Waals surface area contributed by atoms with E-state index < -0.39 is 0 Å². The smallest absolute Gasteiger partial charge is 0.143 e. The van der Waals surface area contributed by atoms with Crippen LogP contribution < -0.4 is 5.32 Å². The summed E-state index contributed by atoms with van der Waals surface area (Å²) in [5.74, 6) is 1.08. The van der Waals surface area contributed by atoms with Crippen LogP contribution in [0.3, 0.4) is 0 Å². The van der Waals surface area contributed by atoms with E-state index in [9.17, 15) is 4.79 Å². The molecule has 1 saturated carbocycles. The Morgan fingerprint density at radius 2 is 1.93 bits per heavy atom. The molecule has 1 aliphatic carbocycles. The first-order valence-electron chi connectivity index (χ1n) is 5.72. The van der Waals surface area contributed by atoms with Crippen LogP contribution in [0.1, 0.15) is 46.5 Å². The lowest BCUT2D eigenvalue weighted by Crippen LogP contribution is -2.36. The van der Waals surface area contributed by atoms with E-state index in [4.69, 9.17) is 0 Å². The Bertz CT molecular complexity index is 192. The van der Waals surface area contributed by atoms with Crippen LogP contribution in [-0.4, -0.2) is 18.9 Å². The van der Waals surface area contributed by atoms with E-state index in [0.29, 0.717) is 12.0 Å². The van der Waals surface area contributed by atoms with Crippen LogP contribution in [0.5, 0.6) is 0 Å². The van der Waals surface area contributed by atoms with Gasteiger partial charge < -0.3 is 5.32 Å². The largest absolute Gasteiger partial charge is 0.309 e. The van der Waals surface area contributed by atoms with Gasteiger partial charge in [0.05, 0.1) is 6.54 Å². The average Bonchev–Trinajstić information content (AvgIpc) is 2.54. The quantitative estimate of drug-likeness (QED) is 0.733. The molecule has 1 fully saturated rings. The highest BCUT2D eigenvalue weighted by molar-refractivity contribution is 5.77. The second kappa shape index (κ2) is 4.92. The lowest BCUT2D eigenvalue weighted by atomic mass is 9.78. The summed E-state index contributed by atoms with van der Waals surface area (Å²) in [6.07, 6.45) is 5.52. The molecule has 0 saturated heterocycles. The Hall–Kier alpha value is -0.370. The van der Waals surface area contributed by atoms with E-state index in [1.807, 2.05) is 0 Å². The standard InChI is InChI=1S/C12H23NO/c1-10(14)8-13-9-12(2,3)11-6-4-5-7-11/h11,13H,4-9H2,1-3H3. The SMILES string of the molecule is CC(=O)CNCC(C)(C)C1CCCC1. The summed E-state index contributed by atoms with van der Waals surface area (Å²) in [5, 5.41) is 3.25. The first kappa shape index (κ1) is 11.7. The molecule has 0 aromatic rings. The van der Waals surface area contributed by atoms with Crippen LogP contribution >= 0.6 is 0 Å². The van der Waals surface area contributed by atoms with Gasteiger partial charge in [-0.15, -0.1) is 0 Å². The second-order valence-corrected chi connectivity index (χ2v) is 5.28. The molecule has 0 aromatic heterocycles. The minimum absolute atomic E-state index is 0.229. The van der Waals surface area contributed by atoms with Gasteiger partial charge in [-0.2, -0.15) is 0 Å². The molecule has 14 heavy (non-hydrogen) atoms. The van der Waals surface area contributed by atoms with Gasteiger partial charge in [0.1, 0.15) is 5.78 Å². The van der Waals surface area contributed by atoms with Gasteiger partial charge >= 0.3 is 0 Å². The molecule has 0 aliphatic heterocycles. The number of ketones is 1. The Morgan fingerprint density at radius 3 is 2.43 bits per heavy atom. The van der Waals surface area contributed by atoms with Gasteiger partial charge in [0.15, 0.2) is 0 Å². The molecule has 0 bridgehead atoms.